The van der Waals surface area contributed by atoms with Gasteiger partial charge < -0.3 is 4.74 Å². The van der Waals surface area contributed by atoms with E-state index in [2.05, 4.69) is 32.6 Å². The molecule has 2 aromatic carbocycles. The summed E-state index contributed by atoms with van der Waals surface area (Å²) in [7, 11) is 1.62. The molecule has 0 atom stereocenters. The van der Waals surface area contributed by atoms with Gasteiger partial charge in [0.2, 0.25) is 5.13 Å². The van der Waals surface area contributed by atoms with Crippen molar-refractivity contribution < 1.29 is 9.53 Å². The molecule has 2 heterocycles. The van der Waals surface area contributed by atoms with Gasteiger partial charge in [0.15, 0.2) is 4.34 Å². The highest BCUT2D eigenvalue weighted by Gasteiger charge is 2.13. The fourth-order valence-electron chi connectivity index (χ4n) is 2.56. The van der Waals surface area contributed by atoms with E-state index in [1.54, 1.807) is 24.9 Å². The summed E-state index contributed by atoms with van der Waals surface area (Å²) in [5.74, 6) is 1.24. The average molecular weight is 409 g/mol. The first-order valence-electron chi connectivity index (χ1n) is 8.47. The van der Waals surface area contributed by atoms with Crippen LogP contribution in [0.3, 0.4) is 0 Å². The summed E-state index contributed by atoms with van der Waals surface area (Å²) in [6.07, 6.45) is 0. The van der Waals surface area contributed by atoms with Crippen molar-refractivity contribution in [1.29, 1.82) is 0 Å². The summed E-state index contributed by atoms with van der Waals surface area (Å²) in [6.45, 7) is 0. The number of methoxy groups -OCH3 is 1. The molecule has 140 valence electrons. The van der Waals surface area contributed by atoms with Crippen LogP contribution in [-0.4, -0.2) is 28.2 Å². The number of thioether (sulfide) groups is 1. The lowest BCUT2D eigenvalue weighted by atomic mass is 10.2. The lowest BCUT2D eigenvalue weighted by Gasteiger charge is -2.04. The topological polar surface area (TPSA) is 77.0 Å². The first-order valence-corrected chi connectivity index (χ1v) is 10.3. The molecule has 4 rings (SSSR count). The second-order valence-electron chi connectivity index (χ2n) is 5.86. The third-order valence-electron chi connectivity index (χ3n) is 3.96. The highest BCUT2D eigenvalue weighted by molar-refractivity contribution is 8.00. The van der Waals surface area contributed by atoms with Crippen molar-refractivity contribution in [2.75, 3.05) is 12.4 Å². The molecule has 28 heavy (non-hydrogen) atoms. The van der Waals surface area contributed by atoms with Gasteiger partial charge in [-0.05, 0) is 29.8 Å². The monoisotopic (exact) mass is 408 g/mol. The van der Waals surface area contributed by atoms with Crippen molar-refractivity contribution in [3.63, 3.8) is 0 Å². The Labute approximate surface area is 170 Å². The van der Waals surface area contributed by atoms with E-state index < -0.39 is 0 Å². The van der Waals surface area contributed by atoms with Crippen molar-refractivity contribution in [3.8, 4) is 5.75 Å². The minimum atomic E-state index is -0.312. The molecule has 0 aliphatic carbocycles. The maximum atomic E-state index is 12.5. The Balaban J connectivity index is 1.42. The normalized spacial score (nSPS) is 10.8. The first-order chi connectivity index (χ1) is 13.7. The second kappa shape index (κ2) is 8.37. The van der Waals surface area contributed by atoms with Crippen molar-refractivity contribution in [2.24, 2.45) is 0 Å². The largest absolute Gasteiger partial charge is 0.497 e. The number of rotatable bonds is 6. The molecule has 1 N–H and O–H groups in total. The number of aromatic nitrogens is 3. The number of pyridine rings is 1. The quantitative estimate of drug-likeness (QED) is 0.370. The predicted molar refractivity (Wildman–Crippen MR) is 112 cm³/mol. The third kappa shape index (κ3) is 4.29. The Morgan fingerprint density at radius 3 is 2.79 bits per heavy atom. The van der Waals surface area contributed by atoms with Crippen LogP contribution in [0.2, 0.25) is 0 Å². The van der Waals surface area contributed by atoms with E-state index in [9.17, 15) is 4.79 Å². The van der Waals surface area contributed by atoms with Gasteiger partial charge in [-0.2, -0.15) is 0 Å². The SMILES string of the molecule is COc1ccc2nc(C(=O)Nc3nnc(SCc4ccccc4)s3)ccc2c1. The lowest BCUT2D eigenvalue weighted by molar-refractivity contribution is 0.102. The number of nitrogens with zero attached hydrogens (tertiary/aromatic N) is 3. The average Bonchev–Trinajstić information content (AvgIpc) is 3.19. The molecule has 0 spiro atoms. The maximum Gasteiger partial charge on any atom is 0.276 e. The van der Waals surface area contributed by atoms with E-state index in [1.807, 2.05) is 42.5 Å². The molecule has 4 aromatic rings. The summed E-state index contributed by atoms with van der Waals surface area (Å²) in [5, 5.41) is 12.3. The Kier molecular flexibility index (Phi) is 5.50. The maximum absolute atomic E-state index is 12.5. The number of nitrogens with one attached hydrogen (secondary N) is 1. The fraction of sp³-hybridized carbons (Fsp3) is 0.100. The van der Waals surface area contributed by atoms with Gasteiger partial charge in [0, 0.05) is 11.1 Å². The van der Waals surface area contributed by atoms with E-state index >= 15 is 0 Å². The zero-order chi connectivity index (χ0) is 19.3. The minimum Gasteiger partial charge on any atom is -0.497 e. The number of carbonyl (C=O) groups excluding carboxylic acids is 1. The number of fused-ring (bicyclic) bond motifs is 1. The third-order valence-corrected chi connectivity index (χ3v) is 6.00. The Bertz CT molecular complexity index is 1120. The molecule has 0 aliphatic rings. The highest BCUT2D eigenvalue weighted by Crippen LogP contribution is 2.28. The highest BCUT2D eigenvalue weighted by atomic mass is 32.2. The smallest absolute Gasteiger partial charge is 0.276 e. The van der Waals surface area contributed by atoms with Crippen LogP contribution in [-0.2, 0) is 5.75 Å². The van der Waals surface area contributed by atoms with Gasteiger partial charge in [0.1, 0.15) is 11.4 Å². The summed E-state index contributed by atoms with van der Waals surface area (Å²) < 4.78 is 6.01. The minimum absolute atomic E-state index is 0.312. The number of hydrogen-bond acceptors (Lipinski definition) is 7. The summed E-state index contributed by atoms with van der Waals surface area (Å²) in [5.41, 5.74) is 2.27. The van der Waals surface area contributed by atoms with Gasteiger partial charge in [-0.1, -0.05) is 59.5 Å². The molecule has 0 radical (unpaired) electrons. The van der Waals surface area contributed by atoms with Crippen molar-refractivity contribution in [2.45, 2.75) is 10.1 Å². The van der Waals surface area contributed by atoms with Crippen molar-refractivity contribution >= 4 is 45.0 Å². The van der Waals surface area contributed by atoms with E-state index in [0.29, 0.717) is 10.8 Å². The van der Waals surface area contributed by atoms with Gasteiger partial charge >= 0.3 is 0 Å². The molecule has 0 saturated carbocycles. The van der Waals surface area contributed by atoms with Crippen LogP contribution in [0.4, 0.5) is 5.13 Å². The fourth-order valence-corrected chi connectivity index (χ4v) is 4.26. The number of amides is 1. The Morgan fingerprint density at radius 2 is 1.96 bits per heavy atom. The molecule has 0 fully saturated rings. The van der Waals surface area contributed by atoms with Crippen LogP contribution in [0, 0.1) is 0 Å². The molecular formula is C20H16N4O2S2. The molecule has 2 aromatic heterocycles. The van der Waals surface area contributed by atoms with Crippen LogP contribution in [0.5, 0.6) is 5.75 Å². The van der Waals surface area contributed by atoms with Crippen LogP contribution >= 0.6 is 23.1 Å². The molecule has 0 bridgehead atoms. The second-order valence-corrected chi connectivity index (χ2v) is 8.06. The standard InChI is InChI=1S/C20H16N4O2S2/c1-26-15-8-10-16-14(11-15)7-9-17(21-16)18(25)22-19-23-24-20(28-19)27-12-13-5-3-2-4-6-13/h2-11H,12H2,1H3,(H,22,23,25). The van der Waals surface area contributed by atoms with E-state index in [0.717, 1.165) is 26.7 Å². The van der Waals surface area contributed by atoms with Gasteiger partial charge in [-0.3, -0.25) is 10.1 Å². The van der Waals surface area contributed by atoms with E-state index in [-0.39, 0.29) is 5.91 Å². The van der Waals surface area contributed by atoms with E-state index in [4.69, 9.17) is 4.74 Å². The van der Waals surface area contributed by atoms with Crippen LogP contribution in [0.15, 0.2) is 65.0 Å². The molecule has 0 aliphatic heterocycles. The van der Waals surface area contributed by atoms with Crippen LogP contribution in [0.25, 0.3) is 10.9 Å². The molecular weight excluding hydrogens is 392 g/mol. The zero-order valence-corrected chi connectivity index (χ0v) is 16.6. The summed E-state index contributed by atoms with van der Waals surface area (Å²) in [4.78, 5) is 16.9. The predicted octanol–water partition coefficient (Wildman–Crippen LogP) is 4.64. The van der Waals surface area contributed by atoms with Gasteiger partial charge in [-0.25, -0.2) is 4.98 Å². The first kappa shape index (κ1) is 18.4. The molecule has 1 amide bonds. The van der Waals surface area contributed by atoms with Gasteiger partial charge in [-0.15, -0.1) is 10.2 Å². The Morgan fingerprint density at radius 1 is 1.11 bits per heavy atom. The van der Waals surface area contributed by atoms with Crippen LogP contribution < -0.4 is 10.1 Å². The van der Waals surface area contributed by atoms with Crippen molar-refractivity contribution in [1.82, 2.24) is 15.2 Å². The zero-order valence-electron chi connectivity index (χ0n) is 15.0. The van der Waals surface area contributed by atoms with E-state index in [1.165, 1.54) is 16.9 Å². The van der Waals surface area contributed by atoms with Gasteiger partial charge in [0.25, 0.3) is 5.91 Å². The lowest BCUT2D eigenvalue weighted by Crippen LogP contribution is -2.13. The molecule has 0 saturated heterocycles. The number of ether oxygens (including phenoxy) is 1. The molecule has 6 nitrogen and oxygen atoms in total. The summed E-state index contributed by atoms with van der Waals surface area (Å²) in [6, 6.07) is 19.2. The number of carbonyl (C=O) groups is 1. The number of hydrogen-bond donors (Lipinski definition) is 1. The Hall–Kier alpha value is -2.97. The van der Waals surface area contributed by atoms with Crippen LogP contribution in [0.1, 0.15) is 16.1 Å². The molecule has 8 heteroatoms. The van der Waals surface area contributed by atoms with Crippen molar-refractivity contribution in [3.05, 3.63) is 71.9 Å². The summed E-state index contributed by atoms with van der Waals surface area (Å²) >= 11 is 2.94. The molecule has 0 unspecified atom stereocenters. The number of benzene rings is 2. The number of anilines is 1. The van der Waals surface area contributed by atoms with Gasteiger partial charge in [0.05, 0.1) is 12.6 Å².